The van der Waals surface area contributed by atoms with Gasteiger partial charge < -0.3 is 5.32 Å². The molecule has 0 spiro atoms. The van der Waals surface area contributed by atoms with E-state index in [9.17, 15) is 0 Å². The van der Waals surface area contributed by atoms with Crippen LogP contribution in [0.4, 0.5) is 0 Å². The van der Waals surface area contributed by atoms with Crippen LogP contribution in [0.1, 0.15) is 75.5 Å². The molecule has 0 radical (unpaired) electrons. The minimum atomic E-state index is 0.524. The van der Waals surface area contributed by atoms with Crippen molar-refractivity contribution in [2.45, 2.75) is 64.3 Å². The van der Waals surface area contributed by atoms with Crippen molar-refractivity contribution < 1.29 is 0 Å². The van der Waals surface area contributed by atoms with Gasteiger partial charge in [0.15, 0.2) is 0 Å². The molecule has 0 heterocycles. The summed E-state index contributed by atoms with van der Waals surface area (Å²) in [6.07, 6.45) is 8.22. The highest BCUT2D eigenvalue weighted by Gasteiger charge is 2.15. The Morgan fingerprint density at radius 3 is 2.28 bits per heavy atom. The van der Waals surface area contributed by atoms with Crippen molar-refractivity contribution in [2.75, 3.05) is 6.54 Å². The van der Waals surface area contributed by atoms with E-state index in [0.717, 1.165) is 18.9 Å². The maximum absolute atomic E-state index is 3.55. The van der Waals surface area contributed by atoms with Crippen LogP contribution < -0.4 is 5.32 Å². The highest BCUT2D eigenvalue weighted by molar-refractivity contribution is 5.27. The zero-order valence-corrected chi connectivity index (χ0v) is 11.9. The molecule has 1 unspecified atom stereocenters. The van der Waals surface area contributed by atoms with Crippen LogP contribution in [0.15, 0.2) is 24.3 Å². The van der Waals surface area contributed by atoms with Crippen LogP contribution in [-0.2, 0) is 0 Å². The molecular weight excluding hydrogens is 218 g/mol. The number of hydrogen-bond acceptors (Lipinski definition) is 1. The van der Waals surface area contributed by atoms with E-state index < -0.39 is 0 Å². The molecule has 1 saturated carbocycles. The first-order valence-electron chi connectivity index (χ1n) is 7.68. The SMILES string of the molecule is CCNC(CC)c1ccc(C2CCCCC2)cc1. The molecule has 1 aromatic carbocycles. The normalized spacial score (nSPS) is 18.8. The van der Waals surface area contributed by atoms with Gasteiger partial charge in [-0.1, -0.05) is 57.4 Å². The minimum Gasteiger partial charge on any atom is -0.310 e. The molecule has 0 saturated heterocycles. The van der Waals surface area contributed by atoms with Crippen LogP contribution in [-0.4, -0.2) is 6.54 Å². The Labute approximate surface area is 112 Å². The molecule has 0 bridgehead atoms. The lowest BCUT2D eigenvalue weighted by Gasteiger charge is -2.23. The maximum Gasteiger partial charge on any atom is 0.0317 e. The second kappa shape index (κ2) is 6.94. The topological polar surface area (TPSA) is 12.0 Å². The van der Waals surface area contributed by atoms with Crippen molar-refractivity contribution in [1.29, 1.82) is 0 Å². The van der Waals surface area contributed by atoms with Crippen molar-refractivity contribution >= 4 is 0 Å². The Kier molecular flexibility index (Phi) is 5.25. The van der Waals surface area contributed by atoms with E-state index >= 15 is 0 Å². The summed E-state index contributed by atoms with van der Waals surface area (Å²) in [6.45, 7) is 5.48. The summed E-state index contributed by atoms with van der Waals surface area (Å²) < 4.78 is 0. The van der Waals surface area contributed by atoms with Crippen molar-refractivity contribution in [2.24, 2.45) is 0 Å². The quantitative estimate of drug-likeness (QED) is 0.786. The summed E-state index contributed by atoms with van der Waals surface area (Å²) in [5, 5.41) is 3.55. The fourth-order valence-corrected chi connectivity index (χ4v) is 3.18. The van der Waals surface area contributed by atoms with Gasteiger partial charge in [0.1, 0.15) is 0 Å². The van der Waals surface area contributed by atoms with Gasteiger partial charge in [-0.15, -0.1) is 0 Å². The van der Waals surface area contributed by atoms with E-state index in [1.54, 1.807) is 5.56 Å². The number of hydrogen-bond donors (Lipinski definition) is 1. The molecule has 1 atom stereocenters. The van der Waals surface area contributed by atoms with Crippen molar-refractivity contribution in [3.05, 3.63) is 35.4 Å². The minimum absolute atomic E-state index is 0.524. The van der Waals surface area contributed by atoms with Gasteiger partial charge >= 0.3 is 0 Å². The molecule has 1 fully saturated rings. The Balaban J connectivity index is 2.03. The van der Waals surface area contributed by atoms with E-state index in [2.05, 4.69) is 43.4 Å². The molecule has 0 amide bonds. The Morgan fingerprint density at radius 1 is 1.06 bits per heavy atom. The number of rotatable bonds is 5. The fourth-order valence-electron chi connectivity index (χ4n) is 3.18. The monoisotopic (exact) mass is 245 g/mol. The van der Waals surface area contributed by atoms with E-state index in [-0.39, 0.29) is 0 Å². The lowest BCUT2D eigenvalue weighted by molar-refractivity contribution is 0.443. The molecule has 1 aliphatic rings. The number of nitrogens with one attached hydrogen (secondary N) is 1. The zero-order valence-electron chi connectivity index (χ0n) is 11.9. The third-order valence-corrected chi connectivity index (χ3v) is 4.27. The van der Waals surface area contributed by atoms with Gasteiger partial charge in [0.2, 0.25) is 0 Å². The molecule has 0 aromatic heterocycles. The molecule has 1 aromatic rings. The van der Waals surface area contributed by atoms with Gasteiger partial charge in [-0.25, -0.2) is 0 Å². The Morgan fingerprint density at radius 2 is 1.72 bits per heavy atom. The zero-order chi connectivity index (χ0) is 12.8. The van der Waals surface area contributed by atoms with Crippen molar-refractivity contribution in [3.63, 3.8) is 0 Å². The predicted molar refractivity (Wildman–Crippen MR) is 79.0 cm³/mol. The van der Waals surface area contributed by atoms with Gasteiger partial charge in [-0.05, 0) is 42.9 Å². The first kappa shape index (κ1) is 13.6. The van der Waals surface area contributed by atoms with E-state index in [1.165, 1.54) is 37.7 Å². The maximum atomic E-state index is 3.55. The molecule has 1 N–H and O–H groups in total. The molecule has 1 nitrogen and oxygen atoms in total. The smallest absolute Gasteiger partial charge is 0.0317 e. The van der Waals surface area contributed by atoms with Crippen molar-refractivity contribution in [3.8, 4) is 0 Å². The summed E-state index contributed by atoms with van der Waals surface area (Å²) in [5.41, 5.74) is 3.00. The summed E-state index contributed by atoms with van der Waals surface area (Å²) in [5.74, 6) is 0.826. The second-order valence-electron chi connectivity index (χ2n) is 5.52. The lowest BCUT2D eigenvalue weighted by atomic mass is 9.83. The van der Waals surface area contributed by atoms with Gasteiger partial charge in [0.25, 0.3) is 0 Å². The van der Waals surface area contributed by atoms with E-state index in [1.807, 2.05) is 0 Å². The van der Waals surface area contributed by atoms with E-state index in [0.29, 0.717) is 6.04 Å². The first-order valence-corrected chi connectivity index (χ1v) is 7.68. The predicted octanol–water partition coefficient (Wildman–Crippen LogP) is 4.79. The first-order chi connectivity index (χ1) is 8.85. The molecule has 18 heavy (non-hydrogen) atoms. The highest BCUT2D eigenvalue weighted by atomic mass is 14.9. The molecular formula is C17H27N. The third kappa shape index (κ3) is 3.35. The van der Waals surface area contributed by atoms with Gasteiger partial charge in [0, 0.05) is 6.04 Å². The largest absolute Gasteiger partial charge is 0.310 e. The average molecular weight is 245 g/mol. The molecule has 0 aliphatic heterocycles. The van der Waals surface area contributed by atoms with Crippen LogP contribution in [0.2, 0.25) is 0 Å². The summed E-state index contributed by atoms with van der Waals surface area (Å²) in [6, 6.07) is 9.92. The second-order valence-corrected chi connectivity index (χ2v) is 5.52. The summed E-state index contributed by atoms with van der Waals surface area (Å²) >= 11 is 0. The van der Waals surface area contributed by atoms with Gasteiger partial charge in [-0.2, -0.15) is 0 Å². The van der Waals surface area contributed by atoms with Gasteiger partial charge in [0.05, 0.1) is 0 Å². The van der Waals surface area contributed by atoms with Crippen molar-refractivity contribution in [1.82, 2.24) is 5.32 Å². The summed E-state index contributed by atoms with van der Waals surface area (Å²) in [4.78, 5) is 0. The fraction of sp³-hybridized carbons (Fsp3) is 0.647. The molecule has 100 valence electrons. The standard InChI is InChI=1S/C17H27N/c1-3-17(18-4-2)16-12-10-15(11-13-16)14-8-6-5-7-9-14/h10-14,17-18H,3-9H2,1-2H3. The Hall–Kier alpha value is -0.820. The molecule has 1 aliphatic carbocycles. The van der Waals surface area contributed by atoms with Gasteiger partial charge in [-0.3, -0.25) is 0 Å². The third-order valence-electron chi connectivity index (χ3n) is 4.27. The number of benzene rings is 1. The van der Waals surface area contributed by atoms with E-state index in [4.69, 9.17) is 0 Å². The Bertz CT molecular complexity index is 311. The van der Waals surface area contributed by atoms with Crippen LogP contribution in [0.25, 0.3) is 0 Å². The summed E-state index contributed by atoms with van der Waals surface area (Å²) in [7, 11) is 0. The molecule has 1 heteroatoms. The lowest BCUT2D eigenvalue weighted by Crippen LogP contribution is -2.20. The highest BCUT2D eigenvalue weighted by Crippen LogP contribution is 2.33. The van der Waals surface area contributed by atoms with Crippen LogP contribution in [0.5, 0.6) is 0 Å². The average Bonchev–Trinajstić information content (AvgIpc) is 2.46. The van der Waals surface area contributed by atoms with Crippen LogP contribution in [0.3, 0.4) is 0 Å². The van der Waals surface area contributed by atoms with Crippen LogP contribution >= 0.6 is 0 Å². The van der Waals surface area contributed by atoms with Crippen LogP contribution in [0, 0.1) is 0 Å². The molecule has 2 rings (SSSR count).